The molecule has 0 unspecified atom stereocenters. The molecule has 1 aromatic rings. The SMILES string of the molecule is N#Cc1cccc(NC(=O)CC(=O)O)c1. The highest BCUT2D eigenvalue weighted by Gasteiger charge is 2.07. The van der Waals surface area contributed by atoms with E-state index >= 15 is 0 Å². The van der Waals surface area contributed by atoms with Crippen LogP contribution in [-0.4, -0.2) is 17.0 Å². The fourth-order valence-electron chi connectivity index (χ4n) is 1.01. The number of hydrogen-bond donors (Lipinski definition) is 2. The third-order valence-electron chi connectivity index (χ3n) is 1.59. The molecular weight excluding hydrogens is 196 g/mol. The highest BCUT2D eigenvalue weighted by atomic mass is 16.4. The second-order valence-corrected chi connectivity index (χ2v) is 2.81. The predicted molar refractivity (Wildman–Crippen MR) is 52.0 cm³/mol. The highest BCUT2D eigenvalue weighted by molar-refractivity contribution is 6.01. The molecule has 15 heavy (non-hydrogen) atoms. The zero-order valence-electron chi connectivity index (χ0n) is 7.73. The van der Waals surface area contributed by atoms with Gasteiger partial charge in [0.25, 0.3) is 0 Å². The van der Waals surface area contributed by atoms with Crippen molar-refractivity contribution in [3.8, 4) is 6.07 Å². The molecule has 76 valence electrons. The Morgan fingerprint density at radius 2 is 2.20 bits per heavy atom. The predicted octanol–water partition coefficient (Wildman–Crippen LogP) is 0.971. The van der Waals surface area contributed by atoms with Gasteiger partial charge in [-0.05, 0) is 18.2 Å². The molecule has 0 aliphatic carbocycles. The molecular formula is C10H8N2O3. The average molecular weight is 204 g/mol. The van der Waals surface area contributed by atoms with Gasteiger partial charge in [0.15, 0.2) is 0 Å². The van der Waals surface area contributed by atoms with Gasteiger partial charge < -0.3 is 10.4 Å². The van der Waals surface area contributed by atoms with Crippen molar-refractivity contribution in [1.82, 2.24) is 0 Å². The first-order valence-corrected chi connectivity index (χ1v) is 4.13. The molecule has 0 aliphatic rings. The molecule has 1 rings (SSSR count). The van der Waals surface area contributed by atoms with E-state index in [0.717, 1.165) is 0 Å². The largest absolute Gasteiger partial charge is 0.481 e. The standard InChI is InChI=1S/C10H8N2O3/c11-6-7-2-1-3-8(4-7)12-9(13)5-10(14)15/h1-4H,5H2,(H,12,13)(H,14,15). The van der Waals surface area contributed by atoms with Gasteiger partial charge in [0.1, 0.15) is 6.42 Å². The maximum absolute atomic E-state index is 11.0. The zero-order chi connectivity index (χ0) is 11.3. The van der Waals surface area contributed by atoms with Gasteiger partial charge in [0.2, 0.25) is 5.91 Å². The Balaban J connectivity index is 2.69. The van der Waals surface area contributed by atoms with Gasteiger partial charge in [-0.2, -0.15) is 5.26 Å². The summed E-state index contributed by atoms with van der Waals surface area (Å²) in [5, 5.41) is 19.3. The van der Waals surface area contributed by atoms with Crippen molar-refractivity contribution in [3.05, 3.63) is 29.8 Å². The van der Waals surface area contributed by atoms with Crippen molar-refractivity contribution in [3.63, 3.8) is 0 Å². The number of aliphatic carboxylic acids is 1. The van der Waals surface area contributed by atoms with Crippen molar-refractivity contribution in [2.45, 2.75) is 6.42 Å². The molecule has 1 aromatic carbocycles. The Morgan fingerprint density at radius 1 is 1.47 bits per heavy atom. The monoisotopic (exact) mass is 204 g/mol. The molecule has 0 fully saturated rings. The molecule has 0 aliphatic heterocycles. The van der Waals surface area contributed by atoms with E-state index in [0.29, 0.717) is 11.3 Å². The lowest BCUT2D eigenvalue weighted by Crippen LogP contribution is -2.15. The quantitative estimate of drug-likeness (QED) is 0.718. The number of nitrogens with one attached hydrogen (secondary N) is 1. The van der Waals surface area contributed by atoms with Crippen LogP contribution in [0.15, 0.2) is 24.3 Å². The van der Waals surface area contributed by atoms with Crippen LogP contribution in [0.5, 0.6) is 0 Å². The maximum Gasteiger partial charge on any atom is 0.312 e. The average Bonchev–Trinajstić information content (AvgIpc) is 2.16. The van der Waals surface area contributed by atoms with Crippen LogP contribution in [0.4, 0.5) is 5.69 Å². The summed E-state index contributed by atoms with van der Waals surface area (Å²) in [7, 11) is 0. The summed E-state index contributed by atoms with van der Waals surface area (Å²) in [6.45, 7) is 0. The first kappa shape index (κ1) is 10.7. The maximum atomic E-state index is 11.0. The van der Waals surface area contributed by atoms with Crippen molar-refractivity contribution in [2.75, 3.05) is 5.32 Å². The van der Waals surface area contributed by atoms with E-state index < -0.39 is 18.3 Å². The number of anilines is 1. The van der Waals surface area contributed by atoms with Gasteiger partial charge in [-0.1, -0.05) is 6.07 Å². The van der Waals surface area contributed by atoms with Gasteiger partial charge in [0.05, 0.1) is 11.6 Å². The minimum atomic E-state index is -1.19. The molecule has 0 saturated heterocycles. The van der Waals surface area contributed by atoms with Crippen molar-refractivity contribution in [2.24, 2.45) is 0 Å². The number of nitriles is 1. The third kappa shape index (κ3) is 3.48. The van der Waals surface area contributed by atoms with E-state index in [1.54, 1.807) is 18.2 Å². The van der Waals surface area contributed by atoms with Gasteiger partial charge in [-0.25, -0.2) is 0 Å². The summed E-state index contributed by atoms with van der Waals surface area (Å²) < 4.78 is 0. The first-order chi connectivity index (χ1) is 7.11. The summed E-state index contributed by atoms with van der Waals surface area (Å²) in [4.78, 5) is 21.3. The number of benzene rings is 1. The number of carboxylic acids is 1. The zero-order valence-corrected chi connectivity index (χ0v) is 7.73. The Bertz CT molecular complexity index is 435. The van der Waals surface area contributed by atoms with Crippen molar-refractivity contribution < 1.29 is 14.7 Å². The second kappa shape index (κ2) is 4.77. The molecule has 2 N–H and O–H groups in total. The van der Waals surface area contributed by atoms with Crippen LogP contribution in [0.2, 0.25) is 0 Å². The number of nitrogens with zero attached hydrogens (tertiary/aromatic N) is 1. The van der Waals surface area contributed by atoms with Crippen LogP contribution < -0.4 is 5.32 Å². The fraction of sp³-hybridized carbons (Fsp3) is 0.100. The summed E-state index contributed by atoms with van der Waals surface area (Å²) in [6.07, 6.45) is -0.587. The number of carbonyl (C=O) groups excluding carboxylic acids is 1. The number of carboxylic acid groups (broad SMARTS) is 1. The van der Waals surface area contributed by atoms with Crippen LogP contribution in [0, 0.1) is 11.3 Å². The summed E-state index contributed by atoms with van der Waals surface area (Å²) in [6, 6.07) is 8.17. The highest BCUT2D eigenvalue weighted by Crippen LogP contribution is 2.09. The Labute approximate surface area is 86.0 Å². The number of amides is 1. The van der Waals surface area contributed by atoms with Gasteiger partial charge >= 0.3 is 5.97 Å². The molecule has 0 spiro atoms. The smallest absolute Gasteiger partial charge is 0.312 e. The Hall–Kier alpha value is -2.35. The summed E-state index contributed by atoms with van der Waals surface area (Å²) >= 11 is 0. The lowest BCUT2D eigenvalue weighted by atomic mass is 10.2. The van der Waals surface area contributed by atoms with Crippen LogP contribution in [0.1, 0.15) is 12.0 Å². The van der Waals surface area contributed by atoms with Gasteiger partial charge in [0, 0.05) is 5.69 Å². The molecule has 0 heterocycles. The Morgan fingerprint density at radius 3 is 2.80 bits per heavy atom. The van der Waals surface area contributed by atoms with E-state index in [1.807, 2.05) is 6.07 Å². The lowest BCUT2D eigenvalue weighted by Gasteiger charge is -2.02. The molecule has 5 heteroatoms. The van der Waals surface area contributed by atoms with Gasteiger partial charge in [-0.15, -0.1) is 0 Å². The molecule has 5 nitrogen and oxygen atoms in total. The molecule has 0 aromatic heterocycles. The molecule has 0 bridgehead atoms. The first-order valence-electron chi connectivity index (χ1n) is 4.13. The normalized spacial score (nSPS) is 9.00. The number of carbonyl (C=O) groups is 2. The van der Waals surface area contributed by atoms with E-state index in [9.17, 15) is 9.59 Å². The molecule has 0 saturated carbocycles. The lowest BCUT2D eigenvalue weighted by molar-refractivity contribution is -0.139. The van der Waals surface area contributed by atoms with Crippen LogP contribution >= 0.6 is 0 Å². The number of hydrogen-bond acceptors (Lipinski definition) is 3. The number of rotatable bonds is 3. The topological polar surface area (TPSA) is 90.2 Å². The van der Waals surface area contributed by atoms with E-state index in [-0.39, 0.29) is 0 Å². The van der Waals surface area contributed by atoms with E-state index in [1.165, 1.54) is 6.07 Å². The van der Waals surface area contributed by atoms with E-state index in [4.69, 9.17) is 10.4 Å². The van der Waals surface area contributed by atoms with Crippen LogP contribution in [0.3, 0.4) is 0 Å². The molecule has 0 atom stereocenters. The summed E-state index contributed by atoms with van der Waals surface area (Å²) in [5.74, 6) is -1.80. The van der Waals surface area contributed by atoms with E-state index in [2.05, 4.69) is 5.32 Å². The van der Waals surface area contributed by atoms with Crippen LogP contribution in [0.25, 0.3) is 0 Å². The van der Waals surface area contributed by atoms with Crippen molar-refractivity contribution >= 4 is 17.6 Å². The minimum absolute atomic E-state index is 0.406. The Kier molecular flexibility index (Phi) is 3.41. The molecule has 1 amide bonds. The summed E-state index contributed by atoms with van der Waals surface area (Å²) in [5.41, 5.74) is 0.823. The van der Waals surface area contributed by atoms with Gasteiger partial charge in [-0.3, -0.25) is 9.59 Å². The minimum Gasteiger partial charge on any atom is -0.481 e. The fourth-order valence-corrected chi connectivity index (χ4v) is 1.01. The van der Waals surface area contributed by atoms with Crippen LogP contribution in [-0.2, 0) is 9.59 Å². The molecule has 0 radical (unpaired) electrons. The second-order valence-electron chi connectivity index (χ2n) is 2.81. The third-order valence-corrected chi connectivity index (χ3v) is 1.59. The van der Waals surface area contributed by atoms with Crippen molar-refractivity contribution in [1.29, 1.82) is 5.26 Å².